The van der Waals surface area contributed by atoms with E-state index in [2.05, 4.69) is 9.47 Å². The first-order valence-corrected chi connectivity index (χ1v) is 4.15. The van der Waals surface area contributed by atoms with Gasteiger partial charge in [0, 0.05) is 14.2 Å². The first-order valence-electron chi connectivity index (χ1n) is 4.15. The standard InChI is InChI=1S/C8H14O8/c1-15-3-7(13,5(9)10)8(14,4-16-2)6(11)12/h13-14H,3-4H2,1-2H3,(H,9,10)(H,11,12)/t7-,8-/m0/s1. The van der Waals surface area contributed by atoms with Crippen molar-refractivity contribution < 1.29 is 39.5 Å². The molecule has 94 valence electrons. The van der Waals surface area contributed by atoms with E-state index in [4.69, 9.17) is 10.2 Å². The summed E-state index contributed by atoms with van der Waals surface area (Å²) >= 11 is 0. The Labute approximate surface area is 91.0 Å². The number of hydrogen-bond acceptors (Lipinski definition) is 6. The summed E-state index contributed by atoms with van der Waals surface area (Å²) in [6.45, 7) is -1.79. The molecule has 0 saturated carbocycles. The zero-order chi connectivity index (χ0) is 13.0. The Morgan fingerprint density at radius 1 is 0.938 bits per heavy atom. The highest BCUT2D eigenvalue weighted by Gasteiger charge is 2.61. The summed E-state index contributed by atoms with van der Waals surface area (Å²) in [6, 6.07) is 0. The van der Waals surface area contributed by atoms with Gasteiger partial charge in [-0.05, 0) is 0 Å². The maximum Gasteiger partial charge on any atom is 0.342 e. The Morgan fingerprint density at radius 2 is 1.19 bits per heavy atom. The van der Waals surface area contributed by atoms with Crippen LogP contribution in [0.1, 0.15) is 0 Å². The highest BCUT2D eigenvalue weighted by atomic mass is 16.5. The Morgan fingerprint density at radius 3 is 1.31 bits per heavy atom. The highest BCUT2D eigenvalue weighted by molar-refractivity contribution is 5.91. The van der Waals surface area contributed by atoms with E-state index in [-0.39, 0.29) is 0 Å². The second-order valence-electron chi connectivity index (χ2n) is 3.20. The van der Waals surface area contributed by atoms with Crippen molar-refractivity contribution in [3.8, 4) is 0 Å². The van der Waals surface area contributed by atoms with Gasteiger partial charge >= 0.3 is 11.9 Å². The molecule has 0 aromatic heterocycles. The van der Waals surface area contributed by atoms with Crippen LogP contribution in [0, 0.1) is 0 Å². The molecule has 0 radical (unpaired) electrons. The number of ether oxygens (including phenoxy) is 2. The van der Waals surface area contributed by atoms with E-state index in [0.29, 0.717) is 0 Å². The Bertz CT molecular complexity index is 249. The van der Waals surface area contributed by atoms with Gasteiger partial charge in [-0.1, -0.05) is 0 Å². The smallest absolute Gasteiger partial charge is 0.342 e. The minimum Gasteiger partial charge on any atom is -0.479 e. The van der Waals surface area contributed by atoms with Crippen molar-refractivity contribution in [1.29, 1.82) is 0 Å². The predicted octanol–water partition coefficient (Wildman–Crippen LogP) is -2.09. The van der Waals surface area contributed by atoms with Crippen LogP contribution < -0.4 is 0 Å². The molecule has 0 bridgehead atoms. The fourth-order valence-electron chi connectivity index (χ4n) is 1.13. The number of aliphatic carboxylic acids is 2. The normalized spacial score (nSPS) is 18.5. The lowest BCUT2D eigenvalue weighted by molar-refractivity contribution is -0.224. The minimum absolute atomic E-state index is 0.894. The average molecular weight is 238 g/mol. The van der Waals surface area contributed by atoms with Gasteiger partial charge in [0.05, 0.1) is 13.2 Å². The van der Waals surface area contributed by atoms with E-state index in [0.717, 1.165) is 14.2 Å². The second kappa shape index (κ2) is 5.21. The zero-order valence-electron chi connectivity index (χ0n) is 8.84. The predicted molar refractivity (Wildman–Crippen MR) is 48.9 cm³/mol. The summed E-state index contributed by atoms with van der Waals surface area (Å²) in [6.07, 6.45) is 0. The first kappa shape index (κ1) is 14.8. The molecule has 0 saturated heterocycles. The largest absolute Gasteiger partial charge is 0.479 e. The van der Waals surface area contributed by atoms with Gasteiger partial charge in [-0.2, -0.15) is 0 Å². The van der Waals surface area contributed by atoms with Gasteiger partial charge in [0.2, 0.25) is 11.2 Å². The van der Waals surface area contributed by atoms with Crippen LogP contribution in [-0.2, 0) is 19.1 Å². The monoisotopic (exact) mass is 238 g/mol. The molecule has 0 aliphatic rings. The average Bonchev–Trinajstić information content (AvgIpc) is 2.17. The molecule has 0 aromatic carbocycles. The van der Waals surface area contributed by atoms with E-state index < -0.39 is 36.4 Å². The first-order chi connectivity index (χ1) is 7.26. The van der Waals surface area contributed by atoms with Crippen molar-refractivity contribution in [2.45, 2.75) is 11.2 Å². The molecule has 0 rings (SSSR count). The molecule has 0 amide bonds. The zero-order valence-corrected chi connectivity index (χ0v) is 8.84. The number of methoxy groups -OCH3 is 2. The summed E-state index contributed by atoms with van der Waals surface area (Å²) in [5, 5.41) is 36.9. The lowest BCUT2D eigenvalue weighted by Crippen LogP contribution is -2.68. The Balaban J connectivity index is 5.43. The number of carboxylic acids is 2. The molecule has 0 aliphatic carbocycles. The molecular weight excluding hydrogens is 224 g/mol. The molecular formula is C8H14O8. The number of rotatable bonds is 7. The van der Waals surface area contributed by atoms with Crippen LogP contribution in [-0.4, -0.2) is 71.0 Å². The van der Waals surface area contributed by atoms with E-state index >= 15 is 0 Å². The molecule has 0 spiro atoms. The Hall–Kier alpha value is -1.22. The number of hydrogen-bond donors (Lipinski definition) is 4. The van der Waals surface area contributed by atoms with E-state index in [9.17, 15) is 19.8 Å². The van der Waals surface area contributed by atoms with E-state index in [1.165, 1.54) is 0 Å². The summed E-state index contributed by atoms with van der Waals surface area (Å²) in [7, 11) is 2.12. The third kappa shape index (κ3) is 2.30. The fourth-order valence-corrected chi connectivity index (χ4v) is 1.13. The summed E-state index contributed by atoms with van der Waals surface area (Å²) in [5.41, 5.74) is -5.99. The number of carboxylic acid groups (broad SMARTS) is 2. The molecule has 0 aliphatic heterocycles. The molecule has 4 N–H and O–H groups in total. The van der Waals surface area contributed by atoms with Crippen molar-refractivity contribution in [2.24, 2.45) is 0 Å². The number of carbonyl (C=O) groups is 2. The van der Waals surface area contributed by atoms with Crippen LogP contribution in [0.3, 0.4) is 0 Å². The Kier molecular flexibility index (Phi) is 4.81. The van der Waals surface area contributed by atoms with Crippen molar-refractivity contribution >= 4 is 11.9 Å². The molecule has 0 fully saturated rings. The molecule has 0 heterocycles. The van der Waals surface area contributed by atoms with Gasteiger partial charge < -0.3 is 29.9 Å². The van der Waals surface area contributed by atoms with E-state index in [1.54, 1.807) is 0 Å². The van der Waals surface area contributed by atoms with Gasteiger partial charge in [0.15, 0.2) is 0 Å². The topological polar surface area (TPSA) is 134 Å². The minimum atomic E-state index is -3.00. The maximum atomic E-state index is 10.8. The van der Waals surface area contributed by atoms with Crippen molar-refractivity contribution in [2.75, 3.05) is 27.4 Å². The van der Waals surface area contributed by atoms with Gasteiger partial charge in [-0.15, -0.1) is 0 Å². The van der Waals surface area contributed by atoms with Crippen LogP contribution in [0.15, 0.2) is 0 Å². The molecule has 8 heteroatoms. The maximum absolute atomic E-state index is 10.8. The molecule has 2 atom stereocenters. The van der Waals surface area contributed by atoms with Gasteiger partial charge in [-0.3, -0.25) is 0 Å². The number of aliphatic hydroxyl groups is 2. The SMILES string of the molecule is COC[C@](O)(C(=O)O)[C@](O)(COC)C(=O)O. The van der Waals surface area contributed by atoms with Crippen molar-refractivity contribution in [3.05, 3.63) is 0 Å². The third-order valence-corrected chi connectivity index (χ3v) is 2.10. The molecule has 0 aromatic rings. The highest BCUT2D eigenvalue weighted by Crippen LogP contribution is 2.24. The quantitative estimate of drug-likeness (QED) is 0.396. The van der Waals surface area contributed by atoms with Gasteiger partial charge in [0.1, 0.15) is 0 Å². The molecule has 0 unspecified atom stereocenters. The van der Waals surface area contributed by atoms with Gasteiger partial charge in [-0.25, -0.2) is 9.59 Å². The van der Waals surface area contributed by atoms with Gasteiger partial charge in [0.25, 0.3) is 0 Å². The third-order valence-electron chi connectivity index (χ3n) is 2.10. The summed E-state index contributed by atoms with van der Waals surface area (Å²) < 4.78 is 8.80. The van der Waals surface area contributed by atoms with Crippen molar-refractivity contribution in [1.82, 2.24) is 0 Å². The fraction of sp³-hybridized carbons (Fsp3) is 0.750. The van der Waals surface area contributed by atoms with Crippen molar-refractivity contribution in [3.63, 3.8) is 0 Å². The lowest BCUT2D eigenvalue weighted by Gasteiger charge is -2.35. The summed E-state index contributed by atoms with van der Waals surface area (Å²) in [5.74, 6) is -3.84. The van der Waals surface area contributed by atoms with Crippen LogP contribution in [0.5, 0.6) is 0 Å². The van der Waals surface area contributed by atoms with Crippen LogP contribution in [0.2, 0.25) is 0 Å². The van der Waals surface area contributed by atoms with E-state index in [1.807, 2.05) is 0 Å². The van der Waals surface area contributed by atoms with Crippen LogP contribution in [0.25, 0.3) is 0 Å². The summed E-state index contributed by atoms with van der Waals surface area (Å²) in [4.78, 5) is 21.7. The van der Waals surface area contributed by atoms with Crippen LogP contribution >= 0.6 is 0 Å². The lowest BCUT2D eigenvalue weighted by atomic mass is 9.83. The second-order valence-corrected chi connectivity index (χ2v) is 3.20. The molecule has 16 heavy (non-hydrogen) atoms. The molecule has 8 nitrogen and oxygen atoms in total. The van der Waals surface area contributed by atoms with Crippen LogP contribution in [0.4, 0.5) is 0 Å².